The number of amides is 1. The summed E-state index contributed by atoms with van der Waals surface area (Å²) in [6, 6.07) is 20.0. The zero-order valence-electron chi connectivity index (χ0n) is 14.5. The van der Waals surface area contributed by atoms with E-state index in [1.54, 1.807) is 30.5 Å². The van der Waals surface area contributed by atoms with Crippen molar-refractivity contribution < 1.29 is 9.53 Å². The summed E-state index contributed by atoms with van der Waals surface area (Å²) in [5.41, 5.74) is 4.70. The molecule has 0 heterocycles. The second-order valence-corrected chi connectivity index (χ2v) is 7.84. The monoisotopic (exact) mass is 524 g/mol. The Morgan fingerprint density at radius 3 is 2.54 bits per heavy atom. The van der Waals surface area contributed by atoms with Crippen LogP contribution in [0.3, 0.4) is 0 Å². The maximum atomic E-state index is 12.1. The van der Waals surface area contributed by atoms with Crippen molar-refractivity contribution in [3.05, 3.63) is 97.0 Å². The van der Waals surface area contributed by atoms with Crippen LogP contribution in [0.1, 0.15) is 21.5 Å². The molecular weight excluding hydrogens is 510 g/mol. The normalized spacial score (nSPS) is 10.8. The van der Waals surface area contributed by atoms with Gasteiger partial charge in [0.25, 0.3) is 5.91 Å². The van der Waals surface area contributed by atoms with Crippen molar-refractivity contribution in [2.75, 3.05) is 0 Å². The Kier molecular flexibility index (Phi) is 7.30. The molecule has 0 fully saturated rings. The van der Waals surface area contributed by atoms with Crippen molar-refractivity contribution in [1.29, 1.82) is 0 Å². The third-order valence-corrected chi connectivity index (χ3v) is 5.23. The average molecular weight is 525 g/mol. The van der Waals surface area contributed by atoms with Crippen LogP contribution < -0.4 is 10.2 Å². The van der Waals surface area contributed by atoms with Crippen LogP contribution in [-0.2, 0) is 6.61 Å². The van der Waals surface area contributed by atoms with Gasteiger partial charge < -0.3 is 4.74 Å². The molecule has 0 saturated heterocycles. The van der Waals surface area contributed by atoms with Gasteiger partial charge in [-0.2, -0.15) is 5.10 Å². The Bertz CT molecular complexity index is 1010. The molecule has 0 aromatic heterocycles. The topological polar surface area (TPSA) is 50.7 Å². The molecule has 142 valence electrons. The summed E-state index contributed by atoms with van der Waals surface area (Å²) in [5, 5.41) is 5.02. The van der Waals surface area contributed by atoms with Crippen LogP contribution in [0.15, 0.2) is 71.8 Å². The van der Waals surface area contributed by atoms with Crippen LogP contribution in [0.5, 0.6) is 5.75 Å². The molecule has 0 aliphatic rings. The Morgan fingerprint density at radius 1 is 1.04 bits per heavy atom. The van der Waals surface area contributed by atoms with Crippen molar-refractivity contribution in [3.8, 4) is 5.75 Å². The lowest BCUT2D eigenvalue weighted by Crippen LogP contribution is -2.17. The summed E-state index contributed by atoms with van der Waals surface area (Å²) >= 11 is 14.2. The predicted octanol–water partition coefficient (Wildman–Crippen LogP) is 5.94. The highest BCUT2D eigenvalue weighted by atomic mass is 127. The third-order valence-electron chi connectivity index (χ3n) is 3.77. The molecule has 3 rings (SSSR count). The number of hydrazone groups is 1. The van der Waals surface area contributed by atoms with Gasteiger partial charge in [-0.15, -0.1) is 0 Å². The molecule has 0 spiro atoms. The molecule has 4 nitrogen and oxygen atoms in total. The van der Waals surface area contributed by atoms with E-state index in [1.165, 1.54) is 0 Å². The van der Waals surface area contributed by atoms with E-state index in [-0.39, 0.29) is 5.91 Å². The third kappa shape index (κ3) is 5.70. The number of halogens is 3. The standard InChI is InChI=1S/C21H15Cl2IN2O2/c22-18-10-5-14(11-19(18)23)13-28-20-4-2-1-3-16(20)12-25-26-21(27)15-6-8-17(24)9-7-15/h1-12H,13H2,(H,26,27)/b25-12-. The van der Waals surface area contributed by atoms with Crippen LogP contribution in [0, 0.1) is 3.57 Å². The molecule has 3 aromatic carbocycles. The van der Waals surface area contributed by atoms with Gasteiger partial charge >= 0.3 is 0 Å². The van der Waals surface area contributed by atoms with Crippen LogP contribution in [0.2, 0.25) is 10.0 Å². The minimum Gasteiger partial charge on any atom is -0.488 e. The Labute approximate surface area is 186 Å². The minimum absolute atomic E-state index is 0.276. The number of carbonyl (C=O) groups is 1. The fourth-order valence-electron chi connectivity index (χ4n) is 2.34. The number of rotatable bonds is 6. The van der Waals surface area contributed by atoms with Gasteiger partial charge in [0, 0.05) is 14.7 Å². The lowest BCUT2D eigenvalue weighted by atomic mass is 10.2. The molecule has 1 amide bonds. The van der Waals surface area contributed by atoms with Gasteiger partial charge in [0.1, 0.15) is 12.4 Å². The zero-order chi connectivity index (χ0) is 19.9. The second kappa shape index (κ2) is 9.91. The van der Waals surface area contributed by atoms with E-state index in [0.29, 0.717) is 28.0 Å². The molecular formula is C21H15Cl2IN2O2. The van der Waals surface area contributed by atoms with Crippen molar-refractivity contribution >= 4 is 57.9 Å². The van der Waals surface area contributed by atoms with Gasteiger partial charge in [-0.1, -0.05) is 41.4 Å². The summed E-state index contributed by atoms with van der Waals surface area (Å²) in [5.74, 6) is 0.364. The van der Waals surface area contributed by atoms with Crippen molar-refractivity contribution in [1.82, 2.24) is 5.43 Å². The second-order valence-electron chi connectivity index (χ2n) is 5.78. The quantitative estimate of drug-likeness (QED) is 0.246. The highest BCUT2D eigenvalue weighted by molar-refractivity contribution is 14.1. The van der Waals surface area contributed by atoms with Gasteiger partial charge in [0.2, 0.25) is 0 Å². The summed E-state index contributed by atoms with van der Waals surface area (Å²) in [6.07, 6.45) is 1.55. The Balaban J connectivity index is 1.64. The molecule has 0 radical (unpaired) electrons. The largest absolute Gasteiger partial charge is 0.488 e. The summed E-state index contributed by atoms with van der Waals surface area (Å²) in [7, 11) is 0. The molecule has 7 heteroatoms. The number of hydrogen-bond donors (Lipinski definition) is 1. The molecule has 0 saturated carbocycles. The van der Waals surface area contributed by atoms with Crippen LogP contribution in [0.25, 0.3) is 0 Å². The lowest BCUT2D eigenvalue weighted by molar-refractivity contribution is 0.0955. The number of carbonyl (C=O) groups excluding carboxylic acids is 1. The minimum atomic E-state index is -0.276. The van der Waals surface area contributed by atoms with Crippen LogP contribution in [0.4, 0.5) is 0 Å². The maximum Gasteiger partial charge on any atom is 0.271 e. The van der Waals surface area contributed by atoms with Crippen molar-refractivity contribution in [3.63, 3.8) is 0 Å². The number of benzene rings is 3. The molecule has 3 aromatic rings. The maximum absolute atomic E-state index is 12.1. The first-order chi connectivity index (χ1) is 13.5. The first-order valence-electron chi connectivity index (χ1n) is 8.27. The van der Waals surface area contributed by atoms with Crippen molar-refractivity contribution in [2.45, 2.75) is 6.61 Å². The molecule has 0 unspecified atom stereocenters. The van der Waals surface area contributed by atoms with E-state index in [1.807, 2.05) is 42.5 Å². The first kappa shape index (κ1) is 20.6. The summed E-state index contributed by atoms with van der Waals surface area (Å²) in [4.78, 5) is 12.1. The number of hydrogen-bond acceptors (Lipinski definition) is 3. The van der Waals surface area contributed by atoms with E-state index in [2.05, 4.69) is 33.1 Å². The fourth-order valence-corrected chi connectivity index (χ4v) is 3.02. The Hall–Kier alpha value is -2.09. The number of nitrogens with zero attached hydrogens (tertiary/aromatic N) is 1. The summed E-state index contributed by atoms with van der Waals surface area (Å²) < 4.78 is 6.93. The van der Waals surface area contributed by atoms with Gasteiger partial charge in [-0.3, -0.25) is 4.79 Å². The van der Waals surface area contributed by atoms with E-state index < -0.39 is 0 Å². The van der Waals surface area contributed by atoms with E-state index in [9.17, 15) is 4.79 Å². The average Bonchev–Trinajstić information content (AvgIpc) is 2.70. The molecule has 1 N–H and O–H groups in total. The predicted molar refractivity (Wildman–Crippen MR) is 121 cm³/mol. The van der Waals surface area contributed by atoms with Gasteiger partial charge in [0.05, 0.1) is 16.3 Å². The van der Waals surface area contributed by atoms with Crippen molar-refractivity contribution in [2.24, 2.45) is 5.10 Å². The lowest BCUT2D eigenvalue weighted by Gasteiger charge is -2.09. The van der Waals surface area contributed by atoms with Crippen LogP contribution >= 0.6 is 45.8 Å². The molecule has 0 aliphatic heterocycles. The SMILES string of the molecule is O=C(N/N=C\c1ccccc1OCc1ccc(Cl)c(Cl)c1)c1ccc(I)cc1. The smallest absolute Gasteiger partial charge is 0.271 e. The first-order valence-corrected chi connectivity index (χ1v) is 10.1. The molecule has 0 aliphatic carbocycles. The number of nitrogens with one attached hydrogen (secondary N) is 1. The van der Waals surface area contributed by atoms with E-state index in [0.717, 1.165) is 14.7 Å². The zero-order valence-corrected chi connectivity index (χ0v) is 18.2. The van der Waals surface area contributed by atoms with Gasteiger partial charge in [-0.25, -0.2) is 5.43 Å². The molecule has 0 bridgehead atoms. The highest BCUT2D eigenvalue weighted by Gasteiger charge is 2.05. The van der Waals surface area contributed by atoms with Crippen LogP contribution in [-0.4, -0.2) is 12.1 Å². The Morgan fingerprint density at radius 2 is 1.79 bits per heavy atom. The summed E-state index contributed by atoms with van der Waals surface area (Å²) in [6.45, 7) is 0.330. The van der Waals surface area contributed by atoms with E-state index in [4.69, 9.17) is 27.9 Å². The number of para-hydroxylation sites is 1. The highest BCUT2D eigenvalue weighted by Crippen LogP contribution is 2.24. The van der Waals surface area contributed by atoms with Gasteiger partial charge in [-0.05, 0) is 76.7 Å². The van der Waals surface area contributed by atoms with E-state index >= 15 is 0 Å². The molecule has 0 atom stereocenters. The fraction of sp³-hybridized carbons (Fsp3) is 0.0476. The molecule has 28 heavy (non-hydrogen) atoms. The van der Waals surface area contributed by atoms with Gasteiger partial charge in [0.15, 0.2) is 0 Å². The number of ether oxygens (including phenoxy) is 1.